The summed E-state index contributed by atoms with van der Waals surface area (Å²) in [7, 11) is 0. The van der Waals surface area contributed by atoms with E-state index in [0.29, 0.717) is 31.1 Å². The van der Waals surface area contributed by atoms with Gasteiger partial charge < -0.3 is 9.64 Å². The lowest BCUT2D eigenvalue weighted by atomic mass is 10.2. The van der Waals surface area contributed by atoms with Crippen LogP contribution in [0.15, 0.2) is 24.3 Å². The molecule has 0 bridgehead atoms. The smallest absolute Gasteiger partial charge is 0.307 e. The Kier molecular flexibility index (Phi) is 7.09. The van der Waals surface area contributed by atoms with Crippen molar-refractivity contribution in [1.82, 2.24) is 4.90 Å². The Morgan fingerprint density at radius 3 is 2.55 bits per heavy atom. The molecule has 4 nitrogen and oxygen atoms in total. The fourth-order valence-electron chi connectivity index (χ4n) is 1.81. The second kappa shape index (κ2) is 8.59. The molecule has 0 heterocycles. The first kappa shape index (κ1) is 16.5. The summed E-state index contributed by atoms with van der Waals surface area (Å²) >= 11 is 6.10. The molecular formula is C15H20ClNO3. The van der Waals surface area contributed by atoms with E-state index in [1.807, 2.05) is 18.2 Å². The topological polar surface area (TPSA) is 46.6 Å². The minimum Gasteiger partial charge on any atom is -0.466 e. The molecule has 0 aliphatic heterocycles. The van der Waals surface area contributed by atoms with Gasteiger partial charge in [0.1, 0.15) is 0 Å². The maximum atomic E-state index is 11.9. The summed E-state index contributed by atoms with van der Waals surface area (Å²) in [6.45, 7) is 4.66. The van der Waals surface area contributed by atoms with E-state index in [1.165, 1.54) is 0 Å². The molecule has 1 amide bonds. The fourth-order valence-corrected chi connectivity index (χ4v) is 2.00. The summed E-state index contributed by atoms with van der Waals surface area (Å²) in [5.41, 5.74) is 0.875. The molecule has 0 spiro atoms. The lowest BCUT2D eigenvalue weighted by molar-refractivity contribution is -0.144. The quantitative estimate of drug-likeness (QED) is 0.727. The number of halogens is 1. The molecule has 0 saturated heterocycles. The van der Waals surface area contributed by atoms with Gasteiger partial charge in [-0.05, 0) is 18.6 Å². The van der Waals surface area contributed by atoms with Gasteiger partial charge in [-0.3, -0.25) is 9.59 Å². The van der Waals surface area contributed by atoms with Crippen LogP contribution in [-0.4, -0.2) is 29.9 Å². The van der Waals surface area contributed by atoms with Crippen molar-refractivity contribution < 1.29 is 14.3 Å². The zero-order chi connectivity index (χ0) is 15.0. The van der Waals surface area contributed by atoms with Crippen molar-refractivity contribution in [3.05, 3.63) is 34.9 Å². The number of esters is 1. The molecule has 0 aliphatic carbocycles. The highest BCUT2D eigenvalue weighted by Crippen LogP contribution is 2.17. The van der Waals surface area contributed by atoms with Crippen LogP contribution < -0.4 is 0 Å². The Balaban J connectivity index is 2.68. The Bertz CT molecular complexity index is 462. The summed E-state index contributed by atoms with van der Waals surface area (Å²) in [6, 6.07) is 7.39. The Hall–Kier alpha value is -1.55. The van der Waals surface area contributed by atoms with Gasteiger partial charge in [-0.25, -0.2) is 0 Å². The molecule has 110 valence electrons. The SMILES string of the molecule is CCOC(=O)CCN(Cc1ccccc1Cl)C(=O)CC. The Labute approximate surface area is 124 Å². The van der Waals surface area contributed by atoms with Crippen LogP contribution in [0.5, 0.6) is 0 Å². The van der Waals surface area contributed by atoms with Crippen LogP contribution in [0, 0.1) is 0 Å². The number of amides is 1. The highest BCUT2D eigenvalue weighted by molar-refractivity contribution is 6.31. The van der Waals surface area contributed by atoms with Crippen molar-refractivity contribution in [1.29, 1.82) is 0 Å². The number of carbonyl (C=O) groups is 2. The fraction of sp³-hybridized carbons (Fsp3) is 0.467. The van der Waals surface area contributed by atoms with E-state index in [0.717, 1.165) is 5.56 Å². The number of hydrogen-bond donors (Lipinski definition) is 0. The second-order valence-corrected chi connectivity index (χ2v) is 4.72. The van der Waals surface area contributed by atoms with Gasteiger partial charge in [0, 0.05) is 24.5 Å². The van der Waals surface area contributed by atoms with Crippen molar-refractivity contribution >= 4 is 23.5 Å². The minimum atomic E-state index is -0.291. The summed E-state index contributed by atoms with van der Waals surface area (Å²) < 4.78 is 4.88. The number of ether oxygens (including phenoxy) is 1. The molecule has 0 aromatic heterocycles. The Morgan fingerprint density at radius 2 is 1.95 bits per heavy atom. The van der Waals surface area contributed by atoms with Crippen LogP contribution in [0.2, 0.25) is 5.02 Å². The number of carbonyl (C=O) groups excluding carboxylic acids is 2. The molecule has 0 N–H and O–H groups in total. The molecule has 0 fully saturated rings. The van der Waals surface area contributed by atoms with Gasteiger partial charge in [0.2, 0.25) is 5.91 Å². The number of hydrogen-bond acceptors (Lipinski definition) is 3. The van der Waals surface area contributed by atoms with Crippen molar-refractivity contribution in [3.8, 4) is 0 Å². The van der Waals surface area contributed by atoms with Crippen LogP contribution in [0.3, 0.4) is 0 Å². The minimum absolute atomic E-state index is 0.00535. The normalized spacial score (nSPS) is 10.2. The van der Waals surface area contributed by atoms with E-state index in [1.54, 1.807) is 24.8 Å². The maximum Gasteiger partial charge on any atom is 0.307 e. The standard InChI is InChI=1S/C15H20ClNO3/c1-3-14(18)17(10-9-15(19)20-4-2)11-12-7-5-6-8-13(12)16/h5-8H,3-4,9-11H2,1-2H3. The predicted octanol–water partition coefficient (Wildman–Crippen LogP) is 3.03. The number of nitrogens with zero attached hydrogens (tertiary/aromatic N) is 1. The molecular weight excluding hydrogens is 278 g/mol. The van der Waals surface area contributed by atoms with Crippen molar-refractivity contribution in [3.63, 3.8) is 0 Å². The lowest BCUT2D eigenvalue weighted by Gasteiger charge is -2.22. The van der Waals surface area contributed by atoms with Crippen molar-refractivity contribution in [2.24, 2.45) is 0 Å². The monoisotopic (exact) mass is 297 g/mol. The first-order valence-electron chi connectivity index (χ1n) is 6.75. The number of rotatable bonds is 7. The van der Waals surface area contributed by atoms with Gasteiger partial charge in [0.25, 0.3) is 0 Å². The van der Waals surface area contributed by atoms with E-state index in [4.69, 9.17) is 16.3 Å². The molecule has 0 radical (unpaired) electrons. The van der Waals surface area contributed by atoms with Crippen LogP contribution in [0.25, 0.3) is 0 Å². The average Bonchev–Trinajstić information content (AvgIpc) is 2.44. The van der Waals surface area contributed by atoms with E-state index < -0.39 is 0 Å². The maximum absolute atomic E-state index is 11.9. The summed E-state index contributed by atoms with van der Waals surface area (Å²) in [4.78, 5) is 25.0. The average molecular weight is 298 g/mol. The summed E-state index contributed by atoms with van der Waals surface area (Å²) in [5.74, 6) is -0.297. The molecule has 0 saturated carbocycles. The highest BCUT2D eigenvalue weighted by atomic mass is 35.5. The second-order valence-electron chi connectivity index (χ2n) is 4.32. The van der Waals surface area contributed by atoms with Gasteiger partial charge in [-0.2, -0.15) is 0 Å². The van der Waals surface area contributed by atoms with Gasteiger partial charge in [0.05, 0.1) is 13.0 Å². The zero-order valence-electron chi connectivity index (χ0n) is 11.9. The largest absolute Gasteiger partial charge is 0.466 e. The third-order valence-corrected chi connectivity index (χ3v) is 3.23. The molecule has 5 heteroatoms. The molecule has 1 rings (SSSR count). The van der Waals surface area contributed by atoms with E-state index >= 15 is 0 Å². The van der Waals surface area contributed by atoms with Crippen molar-refractivity contribution in [2.75, 3.05) is 13.2 Å². The lowest BCUT2D eigenvalue weighted by Crippen LogP contribution is -2.32. The Morgan fingerprint density at radius 1 is 1.25 bits per heavy atom. The van der Waals surface area contributed by atoms with Crippen LogP contribution in [0.4, 0.5) is 0 Å². The van der Waals surface area contributed by atoms with Gasteiger partial charge in [-0.1, -0.05) is 36.7 Å². The summed E-state index contributed by atoms with van der Waals surface area (Å²) in [5, 5.41) is 0.623. The van der Waals surface area contributed by atoms with Gasteiger partial charge in [0.15, 0.2) is 0 Å². The van der Waals surface area contributed by atoms with E-state index in [-0.39, 0.29) is 18.3 Å². The van der Waals surface area contributed by atoms with E-state index in [2.05, 4.69) is 0 Å². The van der Waals surface area contributed by atoms with Crippen molar-refractivity contribution in [2.45, 2.75) is 33.2 Å². The van der Waals surface area contributed by atoms with Gasteiger partial charge >= 0.3 is 5.97 Å². The van der Waals surface area contributed by atoms with E-state index in [9.17, 15) is 9.59 Å². The van der Waals surface area contributed by atoms with Crippen LogP contribution in [0.1, 0.15) is 32.3 Å². The third-order valence-electron chi connectivity index (χ3n) is 2.87. The molecule has 1 aromatic rings. The predicted molar refractivity (Wildman–Crippen MR) is 78.4 cm³/mol. The molecule has 0 unspecified atom stereocenters. The number of benzene rings is 1. The first-order valence-corrected chi connectivity index (χ1v) is 7.13. The highest BCUT2D eigenvalue weighted by Gasteiger charge is 2.15. The molecule has 0 atom stereocenters. The zero-order valence-corrected chi connectivity index (χ0v) is 12.7. The molecule has 20 heavy (non-hydrogen) atoms. The van der Waals surface area contributed by atoms with Gasteiger partial charge in [-0.15, -0.1) is 0 Å². The molecule has 1 aromatic carbocycles. The van der Waals surface area contributed by atoms with Crippen LogP contribution in [-0.2, 0) is 20.9 Å². The van der Waals surface area contributed by atoms with Crippen LogP contribution >= 0.6 is 11.6 Å². The first-order chi connectivity index (χ1) is 9.58. The summed E-state index contributed by atoms with van der Waals surface area (Å²) in [6.07, 6.45) is 0.595. The third kappa shape index (κ3) is 5.21. The molecule has 0 aliphatic rings.